The van der Waals surface area contributed by atoms with Crippen molar-refractivity contribution in [3.05, 3.63) is 27.7 Å². The highest BCUT2D eigenvalue weighted by Gasteiger charge is 2.22. The number of aliphatic hydroxyl groups is 1. The molecule has 1 atom stereocenters. The van der Waals surface area contributed by atoms with Gasteiger partial charge in [0.15, 0.2) is 0 Å². The first-order chi connectivity index (χ1) is 8.00. The van der Waals surface area contributed by atoms with Gasteiger partial charge in [0.1, 0.15) is 0 Å². The second kappa shape index (κ2) is 4.78. The molecule has 0 aliphatic carbocycles. The highest BCUT2D eigenvalue weighted by molar-refractivity contribution is 9.10. The number of amides is 1. The number of anilines is 1. The number of rotatable bonds is 1. The van der Waals surface area contributed by atoms with E-state index < -0.39 is 6.10 Å². The maximum absolute atomic E-state index is 11.6. The molecule has 3 nitrogen and oxygen atoms in total. The van der Waals surface area contributed by atoms with Crippen molar-refractivity contribution in [3.63, 3.8) is 0 Å². The van der Waals surface area contributed by atoms with Crippen LogP contribution >= 0.6 is 15.9 Å². The fourth-order valence-electron chi connectivity index (χ4n) is 2.27. The summed E-state index contributed by atoms with van der Waals surface area (Å²) < 4.78 is 0.914. The van der Waals surface area contributed by atoms with Gasteiger partial charge >= 0.3 is 0 Å². The molecule has 1 amide bonds. The Labute approximate surface area is 110 Å². The standard InChI is InChI=1S/C13H16BrNO2/c1-8(16)11-7-13-10(6-12(11)14)4-3-5-15(13)9(2)17/h6-8,16H,3-5H2,1-2H3/t8-/m0/s1. The van der Waals surface area contributed by atoms with Crippen LogP contribution in [0.1, 0.15) is 37.5 Å². The van der Waals surface area contributed by atoms with E-state index in [1.807, 2.05) is 12.1 Å². The third kappa shape index (κ3) is 2.38. The van der Waals surface area contributed by atoms with E-state index in [0.29, 0.717) is 0 Å². The molecule has 0 fully saturated rings. The molecule has 0 unspecified atom stereocenters. The molecule has 17 heavy (non-hydrogen) atoms. The van der Waals surface area contributed by atoms with Crippen LogP contribution in [-0.2, 0) is 11.2 Å². The third-order valence-corrected chi connectivity index (χ3v) is 3.83. The Morgan fingerprint density at radius 2 is 2.24 bits per heavy atom. The van der Waals surface area contributed by atoms with Gasteiger partial charge in [-0.25, -0.2) is 0 Å². The number of hydrogen-bond donors (Lipinski definition) is 1. The topological polar surface area (TPSA) is 40.5 Å². The normalized spacial score (nSPS) is 16.6. The van der Waals surface area contributed by atoms with Gasteiger partial charge in [-0.3, -0.25) is 4.79 Å². The minimum absolute atomic E-state index is 0.0600. The van der Waals surface area contributed by atoms with Crippen molar-refractivity contribution in [2.45, 2.75) is 32.8 Å². The fraction of sp³-hybridized carbons (Fsp3) is 0.462. The lowest BCUT2D eigenvalue weighted by atomic mass is 9.98. The number of fused-ring (bicyclic) bond motifs is 1. The summed E-state index contributed by atoms with van der Waals surface area (Å²) in [7, 11) is 0. The Kier molecular flexibility index (Phi) is 3.54. The summed E-state index contributed by atoms with van der Waals surface area (Å²) in [5.74, 6) is 0.0600. The number of aliphatic hydroxyl groups excluding tert-OH is 1. The van der Waals surface area contributed by atoms with E-state index in [9.17, 15) is 9.90 Å². The lowest BCUT2D eigenvalue weighted by Gasteiger charge is -2.29. The first kappa shape index (κ1) is 12.6. The Morgan fingerprint density at radius 1 is 1.53 bits per heavy atom. The van der Waals surface area contributed by atoms with Gasteiger partial charge in [-0.05, 0) is 43.0 Å². The van der Waals surface area contributed by atoms with Gasteiger partial charge in [0.05, 0.1) is 6.10 Å². The van der Waals surface area contributed by atoms with Crippen LogP contribution in [0.4, 0.5) is 5.69 Å². The number of nitrogens with zero attached hydrogens (tertiary/aromatic N) is 1. The van der Waals surface area contributed by atoms with Gasteiger partial charge in [0.25, 0.3) is 0 Å². The quantitative estimate of drug-likeness (QED) is 0.866. The van der Waals surface area contributed by atoms with Crippen molar-refractivity contribution in [1.29, 1.82) is 0 Å². The molecule has 1 aromatic rings. The molecule has 0 saturated heterocycles. The molecule has 0 bridgehead atoms. The minimum atomic E-state index is -0.537. The summed E-state index contributed by atoms with van der Waals surface area (Å²) in [6.07, 6.45) is 1.44. The second-order valence-electron chi connectivity index (χ2n) is 4.45. The van der Waals surface area contributed by atoms with Gasteiger partial charge in [-0.15, -0.1) is 0 Å². The van der Waals surface area contributed by atoms with Crippen molar-refractivity contribution >= 4 is 27.5 Å². The summed E-state index contributed by atoms with van der Waals surface area (Å²) in [5.41, 5.74) is 2.95. The molecule has 2 rings (SSSR count). The lowest BCUT2D eigenvalue weighted by molar-refractivity contribution is -0.116. The maximum Gasteiger partial charge on any atom is 0.223 e. The van der Waals surface area contributed by atoms with Gasteiger partial charge in [0, 0.05) is 23.6 Å². The van der Waals surface area contributed by atoms with Crippen LogP contribution in [0, 0.1) is 0 Å². The predicted octanol–water partition coefficient (Wildman–Crippen LogP) is 2.80. The van der Waals surface area contributed by atoms with Crippen LogP contribution < -0.4 is 4.90 Å². The van der Waals surface area contributed by atoms with Crippen LogP contribution in [0.5, 0.6) is 0 Å². The molecule has 0 saturated carbocycles. The van der Waals surface area contributed by atoms with Crippen LogP contribution in [0.15, 0.2) is 16.6 Å². The molecule has 1 N–H and O–H groups in total. The van der Waals surface area contributed by atoms with Gasteiger partial charge in [0.2, 0.25) is 5.91 Å². The van der Waals surface area contributed by atoms with E-state index in [1.165, 1.54) is 5.56 Å². The van der Waals surface area contributed by atoms with E-state index in [1.54, 1.807) is 18.7 Å². The van der Waals surface area contributed by atoms with Crippen molar-refractivity contribution in [1.82, 2.24) is 0 Å². The largest absolute Gasteiger partial charge is 0.389 e. The number of carbonyl (C=O) groups is 1. The molecule has 1 aliphatic heterocycles. The van der Waals surface area contributed by atoms with Gasteiger partial charge in [-0.2, -0.15) is 0 Å². The zero-order chi connectivity index (χ0) is 12.6. The van der Waals surface area contributed by atoms with E-state index >= 15 is 0 Å². The summed E-state index contributed by atoms with van der Waals surface area (Å²) in [4.78, 5) is 13.4. The summed E-state index contributed by atoms with van der Waals surface area (Å²) in [5, 5.41) is 9.70. The van der Waals surface area contributed by atoms with Crippen molar-refractivity contribution in [2.75, 3.05) is 11.4 Å². The fourth-order valence-corrected chi connectivity index (χ4v) is 2.99. The average Bonchev–Trinajstić information content (AvgIpc) is 2.26. The highest BCUT2D eigenvalue weighted by atomic mass is 79.9. The molecule has 1 heterocycles. The van der Waals surface area contributed by atoms with Crippen LogP contribution in [0.2, 0.25) is 0 Å². The van der Waals surface area contributed by atoms with Crippen LogP contribution in [0.3, 0.4) is 0 Å². The van der Waals surface area contributed by atoms with Gasteiger partial charge < -0.3 is 10.0 Å². The van der Waals surface area contributed by atoms with Crippen LogP contribution in [-0.4, -0.2) is 17.6 Å². The number of benzene rings is 1. The lowest BCUT2D eigenvalue weighted by Crippen LogP contribution is -2.33. The average molecular weight is 298 g/mol. The van der Waals surface area contributed by atoms with Crippen molar-refractivity contribution in [2.24, 2.45) is 0 Å². The first-order valence-electron chi connectivity index (χ1n) is 5.79. The monoisotopic (exact) mass is 297 g/mol. The molecule has 1 aliphatic rings. The first-order valence-corrected chi connectivity index (χ1v) is 6.58. The highest BCUT2D eigenvalue weighted by Crippen LogP contribution is 2.35. The SMILES string of the molecule is CC(=O)N1CCCc2cc(Br)c([C@H](C)O)cc21. The van der Waals surface area contributed by atoms with E-state index in [2.05, 4.69) is 15.9 Å². The maximum atomic E-state index is 11.6. The smallest absolute Gasteiger partial charge is 0.223 e. The molecule has 4 heteroatoms. The molecule has 92 valence electrons. The number of halogens is 1. The Morgan fingerprint density at radius 3 is 2.82 bits per heavy atom. The second-order valence-corrected chi connectivity index (χ2v) is 5.31. The molecule has 0 aromatic heterocycles. The zero-order valence-electron chi connectivity index (χ0n) is 10.0. The summed E-state index contributed by atoms with van der Waals surface area (Å²) in [6, 6.07) is 3.94. The Hall–Kier alpha value is -0.870. The summed E-state index contributed by atoms with van der Waals surface area (Å²) in [6.45, 7) is 4.08. The van der Waals surface area contributed by atoms with Crippen molar-refractivity contribution < 1.29 is 9.90 Å². The zero-order valence-corrected chi connectivity index (χ0v) is 11.6. The molecular weight excluding hydrogens is 282 g/mol. The van der Waals surface area contributed by atoms with E-state index in [4.69, 9.17) is 0 Å². The molecule has 0 spiro atoms. The Bertz CT molecular complexity index is 457. The number of hydrogen-bond acceptors (Lipinski definition) is 2. The van der Waals surface area contributed by atoms with E-state index in [0.717, 1.165) is 35.1 Å². The third-order valence-electron chi connectivity index (χ3n) is 3.15. The van der Waals surface area contributed by atoms with Crippen LogP contribution in [0.25, 0.3) is 0 Å². The molecular formula is C13H16BrNO2. The summed E-state index contributed by atoms with van der Waals surface area (Å²) >= 11 is 3.47. The predicted molar refractivity (Wildman–Crippen MR) is 71.1 cm³/mol. The van der Waals surface area contributed by atoms with E-state index in [-0.39, 0.29) is 5.91 Å². The van der Waals surface area contributed by atoms with Gasteiger partial charge in [-0.1, -0.05) is 15.9 Å². The number of aryl methyl sites for hydroxylation is 1. The van der Waals surface area contributed by atoms with Crippen molar-refractivity contribution in [3.8, 4) is 0 Å². The Balaban J connectivity index is 2.53. The molecule has 0 radical (unpaired) electrons. The molecule has 1 aromatic carbocycles. The minimum Gasteiger partial charge on any atom is -0.389 e. The number of carbonyl (C=O) groups excluding carboxylic acids is 1.